The molecule has 6 heteroatoms. The lowest BCUT2D eigenvalue weighted by Crippen LogP contribution is -2.26. The monoisotopic (exact) mass is 298 g/mol. The van der Waals surface area contributed by atoms with Gasteiger partial charge in [-0.1, -0.05) is 25.7 Å². The molecule has 0 aliphatic heterocycles. The van der Waals surface area contributed by atoms with Crippen molar-refractivity contribution in [3.05, 3.63) is 18.2 Å². The summed E-state index contributed by atoms with van der Waals surface area (Å²) in [6.07, 6.45) is 5.86. The van der Waals surface area contributed by atoms with Crippen LogP contribution in [-0.2, 0) is 10.0 Å². The minimum absolute atomic E-state index is 0.115. The van der Waals surface area contributed by atoms with Crippen molar-refractivity contribution in [3.8, 4) is 5.75 Å². The van der Waals surface area contributed by atoms with Crippen molar-refractivity contribution in [2.24, 2.45) is 5.92 Å². The summed E-state index contributed by atoms with van der Waals surface area (Å²) >= 11 is 0. The first-order valence-corrected chi connectivity index (χ1v) is 8.44. The molecule has 0 atom stereocenters. The summed E-state index contributed by atoms with van der Waals surface area (Å²) in [4.78, 5) is 0.115. The quantitative estimate of drug-likeness (QED) is 0.788. The van der Waals surface area contributed by atoms with Crippen LogP contribution in [0.4, 0.5) is 5.69 Å². The molecule has 5 nitrogen and oxygen atoms in total. The molecule has 1 aromatic carbocycles. The summed E-state index contributed by atoms with van der Waals surface area (Å²) in [6.45, 7) is 0.471. The minimum atomic E-state index is -3.54. The van der Waals surface area contributed by atoms with Crippen LogP contribution < -0.4 is 15.2 Å². The van der Waals surface area contributed by atoms with Crippen LogP contribution in [0.25, 0.3) is 0 Å². The van der Waals surface area contributed by atoms with E-state index in [-0.39, 0.29) is 10.6 Å². The van der Waals surface area contributed by atoms with Gasteiger partial charge in [-0.25, -0.2) is 13.1 Å². The van der Waals surface area contributed by atoms with Gasteiger partial charge in [0, 0.05) is 12.6 Å². The van der Waals surface area contributed by atoms with Crippen molar-refractivity contribution in [2.75, 3.05) is 19.4 Å². The predicted molar refractivity (Wildman–Crippen MR) is 79.2 cm³/mol. The molecule has 3 N–H and O–H groups in total. The van der Waals surface area contributed by atoms with Gasteiger partial charge in [0.25, 0.3) is 0 Å². The van der Waals surface area contributed by atoms with E-state index in [1.54, 1.807) is 6.07 Å². The third-order valence-electron chi connectivity index (χ3n) is 3.83. The van der Waals surface area contributed by atoms with Crippen molar-refractivity contribution in [2.45, 2.75) is 37.0 Å². The van der Waals surface area contributed by atoms with Gasteiger partial charge in [0.2, 0.25) is 10.0 Å². The normalized spacial score (nSPS) is 16.4. The zero-order chi connectivity index (χ0) is 14.6. The van der Waals surface area contributed by atoms with E-state index >= 15 is 0 Å². The molecule has 1 fully saturated rings. The zero-order valence-corrected chi connectivity index (χ0v) is 12.6. The smallest absolute Gasteiger partial charge is 0.242 e. The Morgan fingerprint density at radius 1 is 1.35 bits per heavy atom. The Bertz CT molecular complexity index is 552. The molecule has 0 saturated heterocycles. The average molecular weight is 298 g/mol. The number of methoxy groups -OCH3 is 1. The van der Waals surface area contributed by atoms with Gasteiger partial charge in [-0.15, -0.1) is 0 Å². The second-order valence-electron chi connectivity index (χ2n) is 5.24. The third kappa shape index (κ3) is 3.64. The van der Waals surface area contributed by atoms with Crippen LogP contribution in [0.2, 0.25) is 0 Å². The fourth-order valence-electron chi connectivity index (χ4n) is 2.67. The molecule has 0 aromatic heterocycles. The van der Waals surface area contributed by atoms with Crippen LogP contribution in [0.5, 0.6) is 5.75 Å². The summed E-state index contributed by atoms with van der Waals surface area (Å²) in [5.74, 6) is 1.21. The maximum absolute atomic E-state index is 12.2. The standard InChI is InChI=1S/C14H22N2O3S/c1-19-12-6-7-14(13(15)10-12)20(17,18)16-9-8-11-4-2-3-5-11/h6-7,10-11,16H,2-5,8-9,15H2,1H3. The molecule has 0 amide bonds. The SMILES string of the molecule is COc1ccc(S(=O)(=O)NCCC2CCCC2)c(N)c1. The predicted octanol–water partition coefficient (Wildman–Crippen LogP) is 2.14. The summed E-state index contributed by atoms with van der Waals surface area (Å²) in [5.41, 5.74) is 5.98. The molecular formula is C14H22N2O3S. The largest absolute Gasteiger partial charge is 0.497 e. The third-order valence-corrected chi connectivity index (χ3v) is 5.36. The van der Waals surface area contributed by atoms with Crippen molar-refractivity contribution >= 4 is 15.7 Å². The van der Waals surface area contributed by atoms with Crippen LogP contribution in [0.15, 0.2) is 23.1 Å². The molecule has 1 aliphatic carbocycles. The number of nitrogen functional groups attached to an aromatic ring is 1. The minimum Gasteiger partial charge on any atom is -0.497 e. The summed E-state index contributed by atoms with van der Waals surface area (Å²) < 4.78 is 32.0. The fraction of sp³-hybridized carbons (Fsp3) is 0.571. The molecule has 0 radical (unpaired) electrons. The second-order valence-corrected chi connectivity index (χ2v) is 6.98. The molecule has 20 heavy (non-hydrogen) atoms. The molecule has 2 rings (SSSR count). The van der Waals surface area contributed by atoms with Gasteiger partial charge in [0.05, 0.1) is 12.8 Å². The molecule has 0 spiro atoms. The number of rotatable bonds is 6. The Hall–Kier alpha value is -1.27. The van der Waals surface area contributed by atoms with Crippen molar-refractivity contribution < 1.29 is 13.2 Å². The summed E-state index contributed by atoms with van der Waals surface area (Å²) in [6, 6.07) is 4.60. The molecule has 112 valence electrons. The highest BCUT2D eigenvalue weighted by Crippen LogP contribution is 2.27. The maximum Gasteiger partial charge on any atom is 0.242 e. The van der Waals surface area contributed by atoms with E-state index in [1.165, 1.54) is 44.9 Å². The topological polar surface area (TPSA) is 81.4 Å². The van der Waals surface area contributed by atoms with Crippen molar-refractivity contribution in [3.63, 3.8) is 0 Å². The fourth-order valence-corrected chi connectivity index (χ4v) is 3.83. The highest BCUT2D eigenvalue weighted by molar-refractivity contribution is 7.89. The first-order chi connectivity index (χ1) is 9.53. The van der Waals surface area contributed by atoms with Gasteiger partial charge >= 0.3 is 0 Å². The number of ether oxygens (including phenoxy) is 1. The number of anilines is 1. The second kappa shape index (κ2) is 6.45. The van der Waals surface area contributed by atoms with Gasteiger partial charge < -0.3 is 10.5 Å². The lowest BCUT2D eigenvalue weighted by molar-refractivity contribution is 0.414. The van der Waals surface area contributed by atoms with E-state index in [2.05, 4.69) is 4.72 Å². The Balaban J connectivity index is 1.98. The van der Waals surface area contributed by atoms with Crippen LogP contribution in [-0.4, -0.2) is 22.1 Å². The number of hydrogen-bond donors (Lipinski definition) is 2. The number of benzene rings is 1. The molecule has 1 aliphatic rings. The van der Waals surface area contributed by atoms with Crippen molar-refractivity contribution in [1.82, 2.24) is 4.72 Å². The van der Waals surface area contributed by atoms with Crippen LogP contribution >= 0.6 is 0 Å². The average Bonchev–Trinajstić information content (AvgIpc) is 2.91. The highest BCUT2D eigenvalue weighted by atomic mass is 32.2. The molecule has 0 bridgehead atoms. The van der Waals surface area contributed by atoms with E-state index in [0.717, 1.165) is 6.42 Å². The first-order valence-electron chi connectivity index (χ1n) is 6.96. The Labute approximate surface area is 120 Å². The molecule has 1 saturated carbocycles. The highest BCUT2D eigenvalue weighted by Gasteiger charge is 2.19. The Kier molecular flexibility index (Phi) is 4.88. The molecule has 1 aromatic rings. The first kappa shape index (κ1) is 15.1. The van der Waals surface area contributed by atoms with Crippen LogP contribution in [0.3, 0.4) is 0 Å². The van der Waals surface area contributed by atoms with Crippen LogP contribution in [0.1, 0.15) is 32.1 Å². The lowest BCUT2D eigenvalue weighted by atomic mass is 10.1. The van der Waals surface area contributed by atoms with E-state index in [9.17, 15) is 8.42 Å². The number of nitrogens with two attached hydrogens (primary N) is 1. The van der Waals surface area contributed by atoms with Crippen LogP contribution in [0, 0.1) is 5.92 Å². The number of nitrogens with one attached hydrogen (secondary N) is 1. The van der Waals surface area contributed by atoms with Gasteiger partial charge in [-0.3, -0.25) is 0 Å². The van der Waals surface area contributed by atoms with Crippen molar-refractivity contribution in [1.29, 1.82) is 0 Å². The molecular weight excluding hydrogens is 276 g/mol. The Morgan fingerprint density at radius 3 is 2.65 bits per heavy atom. The van der Waals surface area contributed by atoms with E-state index < -0.39 is 10.0 Å². The zero-order valence-electron chi connectivity index (χ0n) is 11.8. The van der Waals surface area contributed by atoms with Gasteiger partial charge in [-0.05, 0) is 24.5 Å². The molecule has 0 unspecified atom stereocenters. The lowest BCUT2D eigenvalue weighted by Gasteiger charge is -2.12. The Morgan fingerprint density at radius 2 is 2.05 bits per heavy atom. The van der Waals surface area contributed by atoms with Gasteiger partial charge in [-0.2, -0.15) is 0 Å². The molecule has 0 heterocycles. The number of hydrogen-bond acceptors (Lipinski definition) is 4. The summed E-state index contributed by atoms with van der Waals surface area (Å²) in [5, 5.41) is 0. The van der Waals surface area contributed by atoms with E-state index in [4.69, 9.17) is 10.5 Å². The van der Waals surface area contributed by atoms with Gasteiger partial charge in [0.1, 0.15) is 10.6 Å². The summed E-state index contributed by atoms with van der Waals surface area (Å²) in [7, 11) is -2.02. The van der Waals surface area contributed by atoms with Gasteiger partial charge in [0.15, 0.2) is 0 Å². The van der Waals surface area contributed by atoms with E-state index in [0.29, 0.717) is 18.2 Å². The number of sulfonamides is 1. The maximum atomic E-state index is 12.2. The van der Waals surface area contributed by atoms with E-state index in [1.807, 2.05) is 0 Å².